The second-order valence-corrected chi connectivity index (χ2v) is 22.1. The van der Waals surface area contributed by atoms with Crippen molar-refractivity contribution in [2.75, 3.05) is 0 Å². The molecule has 4 fully saturated rings. The Kier molecular flexibility index (Phi) is 7.39. The van der Waals surface area contributed by atoms with E-state index < -0.39 is 24.0 Å². The first-order chi connectivity index (χ1) is 11.4. The Hall–Kier alpha value is 0.461. The van der Waals surface area contributed by atoms with Crippen molar-refractivity contribution >= 4 is 12.6 Å². The molecule has 0 spiro atoms. The fourth-order valence-electron chi connectivity index (χ4n) is 6.46. The average molecular weight is 449 g/mol. The maximum Gasteiger partial charge on any atom is -1.00 e. The first-order valence-corrected chi connectivity index (χ1v) is 17.1. The van der Waals surface area contributed by atoms with Gasteiger partial charge in [0.2, 0.25) is 0 Å². The molecule has 0 aromatic heterocycles. The van der Waals surface area contributed by atoms with Crippen molar-refractivity contribution in [2.45, 2.75) is 65.5 Å². The van der Waals surface area contributed by atoms with Crippen LogP contribution in [0.15, 0.2) is 21.6 Å². The van der Waals surface area contributed by atoms with E-state index in [0.717, 1.165) is 17.8 Å². The van der Waals surface area contributed by atoms with Crippen LogP contribution in [-0.2, 0) is 22.2 Å². The number of allylic oxidation sites excluding steroid dienone is 4. The molecule has 0 aromatic carbocycles. The predicted octanol–water partition coefficient (Wildman–Crippen LogP) is -1.68. The van der Waals surface area contributed by atoms with Gasteiger partial charge in [0.05, 0.1) is 0 Å². The molecule has 4 bridgehead atoms. The van der Waals surface area contributed by atoms with Gasteiger partial charge in [-0.05, 0) is 0 Å². The molecule has 0 heterocycles. The second kappa shape index (κ2) is 8.45. The predicted molar refractivity (Wildman–Crippen MR) is 98.6 cm³/mol. The van der Waals surface area contributed by atoms with Gasteiger partial charge >= 0.3 is 155 Å². The molecule has 1 unspecified atom stereocenters. The topological polar surface area (TPSA) is 29.1 Å². The quantitative estimate of drug-likeness (QED) is 0.511. The summed E-state index contributed by atoms with van der Waals surface area (Å²) in [4.78, 5) is 13.5. The van der Waals surface area contributed by atoms with Crippen LogP contribution in [0, 0.1) is 29.1 Å². The van der Waals surface area contributed by atoms with Crippen molar-refractivity contribution < 1.29 is 47.0 Å². The van der Waals surface area contributed by atoms with Crippen molar-refractivity contribution in [3.63, 3.8) is 0 Å². The Balaban J connectivity index is 0.00000121. The smallest absolute Gasteiger partial charge is 1.00 e. The van der Waals surface area contributed by atoms with E-state index in [1.54, 1.807) is 3.88 Å². The molecular weight excluding hydrogens is 417 g/mol. The van der Waals surface area contributed by atoms with Gasteiger partial charge in [-0.25, -0.2) is 0 Å². The number of amides is 1. The Labute approximate surface area is 178 Å². The van der Waals surface area contributed by atoms with Crippen LogP contribution in [-0.4, -0.2) is 12.6 Å². The summed E-state index contributed by atoms with van der Waals surface area (Å²) in [6, 6.07) is 0. The summed E-state index contributed by atoms with van der Waals surface area (Å²) in [6.07, 6.45) is 12.5. The summed E-state index contributed by atoms with van der Waals surface area (Å²) in [5, 5.41) is 0. The minimum absolute atomic E-state index is 0. The third-order valence-corrected chi connectivity index (χ3v) is 18.6. The van der Waals surface area contributed by atoms with Crippen LogP contribution in [0.5, 0.6) is 0 Å². The van der Waals surface area contributed by atoms with E-state index in [1.807, 2.05) is 0 Å². The number of carbonyl (C=O) groups excluding carboxylic acids is 1. The minimum Gasteiger partial charge on any atom is -1.00 e. The number of rotatable bonds is 4. The normalized spacial score (nSPS) is 36.8. The number of carbonyl (C=O) groups is 1. The van der Waals surface area contributed by atoms with Crippen LogP contribution in [0.1, 0.15) is 52.4 Å². The van der Waals surface area contributed by atoms with E-state index in [1.165, 1.54) is 44.1 Å². The van der Waals surface area contributed by atoms with Crippen LogP contribution >= 0.6 is 0 Å². The van der Waals surface area contributed by atoms with Gasteiger partial charge in [0.15, 0.2) is 0 Å². The molecule has 0 aromatic rings. The SMILES string of the molecule is CC1=[C]([Ti+2]([NH]C(=O)C23CC4CC(CC(C4)C2)C3)[SiH](C)C)C(C)C=C1.[Cl-].[Cl-]. The third-order valence-electron chi connectivity index (χ3n) is 7.15. The van der Waals surface area contributed by atoms with Crippen molar-refractivity contribution in [1.29, 1.82) is 0 Å². The van der Waals surface area contributed by atoms with Gasteiger partial charge in [0.1, 0.15) is 0 Å². The van der Waals surface area contributed by atoms with Crippen LogP contribution in [0.25, 0.3) is 0 Å². The Morgan fingerprint density at radius 3 is 2.00 bits per heavy atom. The molecule has 5 aliphatic carbocycles. The molecule has 145 valence electrons. The molecule has 0 radical (unpaired) electrons. The molecule has 0 aliphatic heterocycles. The third kappa shape index (κ3) is 3.94. The molecule has 1 N–H and O–H groups in total. The summed E-state index contributed by atoms with van der Waals surface area (Å²) < 4.78 is 5.43. The molecule has 0 saturated heterocycles. The minimum atomic E-state index is -1.63. The first kappa shape index (κ1) is 22.7. The Morgan fingerprint density at radius 1 is 1.12 bits per heavy atom. The maximum absolute atomic E-state index is 13.5. The molecular formula is C20H32Cl2NOSiTi. The largest absolute Gasteiger partial charge is 1.00 e. The number of hydrogen-bond donors (Lipinski definition) is 1. The molecule has 6 heteroatoms. The molecule has 4 saturated carbocycles. The van der Waals surface area contributed by atoms with E-state index in [0.29, 0.717) is 11.8 Å². The zero-order valence-electron chi connectivity index (χ0n) is 16.4. The van der Waals surface area contributed by atoms with E-state index >= 15 is 0 Å². The van der Waals surface area contributed by atoms with E-state index in [-0.39, 0.29) is 30.2 Å². The molecule has 5 rings (SSSR count). The van der Waals surface area contributed by atoms with Crippen LogP contribution < -0.4 is 28.6 Å². The Bertz CT molecular complexity index is 584. The molecule has 26 heavy (non-hydrogen) atoms. The summed E-state index contributed by atoms with van der Waals surface area (Å²) >= 11 is -1.63. The zero-order chi connectivity index (χ0) is 17.1. The van der Waals surface area contributed by atoms with Crippen LogP contribution in [0.3, 0.4) is 0 Å². The van der Waals surface area contributed by atoms with E-state index in [2.05, 4.69) is 42.9 Å². The molecule has 1 amide bonds. The maximum atomic E-state index is 13.5. The van der Waals surface area contributed by atoms with Crippen molar-refractivity contribution in [1.82, 2.24) is 3.80 Å². The Morgan fingerprint density at radius 2 is 1.62 bits per heavy atom. The number of hydrogen-bond acceptors (Lipinski definition) is 1. The second-order valence-electron chi connectivity index (χ2n) is 9.46. The fourth-order valence-corrected chi connectivity index (χ4v) is 16.9. The van der Waals surface area contributed by atoms with Crippen molar-refractivity contribution in [3.05, 3.63) is 21.6 Å². The summed E-state index contributed by atoms with van der Waals surface area (Å²) in [7, 11) is 0. The van der Waals surface area contributed by atoms with Gasteiger partial charge in [-0.15, -0.1) is 0 Å². The standard InChI is InChI=1S/C11H17NO.C7H9.C2H7Si.2ClH.Ti/c12-10(13)11-4-7-1-8(5-11)3-9(2-7)6-11;1-6-3-4-7(2)5-6;1-3-2;;;/h7-9H,1-6H2,(H2,12,13);3-4,6H,1-2H3;3H,1-2H3;2*1H;/q;;;;;+3/p-3. The monoisotopic (exact) mass is 448 g/mol. The summed E-state index contributed by atoms with van der Waals surface area (Å²) in [5.41, 5.74) is 1.49. The van der Waals surface area contributed by atoms with E-state index in [4.69, 9.17) is 0 Å². The average Bonchev–Trinajstić information content (AvgIpc) is 2.82. The summed E-state index contributed by atoms with van der Waals surface area (Å²) in [6.45, 7) is 8.67. The number of halogens is 2. The van der Waals surface area contributed by atoms with Gasteiger partial charge in [-0.2, -0.15) is 0 Å². The van der Waals surface area contributed by atoms with Gasteiger partial charge in [-0.1, -0.05) is 0 Å². The molecule has 5 aliphatic rings. The number of nitrogens with one attached hydrogen (secondary N) is 1. The molecule has 1 atom stereocenters. The molecule has 2 nitrogen and oxygen atoms in total. The first-order valence-electron chi connectivity index (χ1n) is 9.95. The van der Waals surface area contributed by atoms with Crippen LogP contribution in [0.2, 0.25) is 13.1 Å². The van der Waals surface area contributed by atoms with Crippen molar-refractivity contribution in [2.24, 2.45) is 29.1 Å². The van der Waals surface area contributed by atoms with Gasteiger partial charge in [-0.3, -0.25) is 0 Å². The van der Waals surface area contributed by atoms with Crippen molar-refractivity contribution in [3.8, 4) is 0 Å². The summed E-state index contributed by atoms with van der Waals surface area (Å²) in [5.74, 6) is 3.61. The van der Waals surface area contributed by atoms with Gasteiger partial charge < -0.3 is 24.8 Å². The fraction of sp³-hybridized carbons (Fsp3) is 0.750. The zero-order valence-corrected chi connectivity index (χ0v) is 20.7. The van der Waals surface area contributed by atoms with Gasteiger partial charge in [0, 0.05) is 0 Å². The van der Waals surface area contributed by atoms with E-state index in [9.17, 15) is 4.79 Å². The van der Waals surface area contributed by atoms with Crippen LogP contribution in [0.4, 0.5) is 0 Å². The van der Waals surface area contributed by atoms with Gasteiger partial charge in [0.25, 0.3) is 0 Å².